The van der Waals surface area contributed by atoms with Gasteiger partial charge in [-0.3, -0.25) is 19.0 Å². The monoisotopic (exact) mass is 598 g/mol. The molecule has 2 unspecified atom stereocenters. The minimum atomic E-state index is -2.20. The zero-order chi connectivity index (χ0) is 30.5. The number of ketones is 1. The van der Waals surface area contributed by atoms with Crippen LogP contribution in [-0.4, -0.2) is 38.7 Å². The Hall–Kier alpha value is -2.85. The molecule has 222 valence electrons. The van der Waals surface area contributed by atoms with Gasteiger partial charge in [-0.2, -0.15) is 0 Å². The molecule has 1 aromatic heterocycles. The van der Waals surface area contributed by atoms with Crippen molar-refractivity contribution in [2.45, 2.75) is 72.5 Å². The van der Waals surface area contributed by atoms with Crippen molar-refractivity contribution in [3.05, 3.63) is 76.7 Å². The quantitative estimate of drug-likeness (QED) is 0.102. The lowest BCUT2D eigenvalue weighted by Crippen LogP contribution is -2.62. The topological polar surface area (TPSA) is 95.9 Å². The van der Waals surface area contributed by atoms with E-state index in [9.17, 15) is 18.4 Å². The van der Waals surface area contributed by atoms with Crippen molar-refractivity contribution < 1.29 is 23.1 Å². The first-order valence-electron chi connectivity index (χ1n) is 13.8. The lowest BCUT2D eigenvalue weighted by molar-refractivity contribution is -0.148. The van der Waals surface area contributed by atoms with Crippen LogP contribution in [0.3, 0.4) is 0 Å². The molecule has 1 heterocycles. The molecule has 0 spiro atoms. The number of Topliss-reactive ketones (excluding diaryl/α,β-unsaturated/α-hetero) is 1. The van der Waals surface area contributed by atoms with Gasteiger partial charge in [0.05, 0.1) is 7.11 Å². The molecule has 7 nitrogen and oxygen atoms in total. The fourth-order valence-corrected chi connectivity index (χ4v) is 7.37. The van der Waals surface area contributed by atoms with Crippen molar-refractivity contribution in [2.24, 2.45) is 11.8 Å². The number of nitrogens with zero attached hydrogens (tertiary/aromatic N) is 1. The molecule has 0 aliphatic heterocycles. The minimum absolute atomic E-state index is 0.260. The first-order chi connectivity index (χ1) is 19.2. The fourth-order valence-electron chi connectivity index (χ4n) is 4.87. The van der Waals surface area contributed by atoms with Crippen molar-refractivity contribution in [3.8, 4) is 11.1 Å². The fraction of sp³-hybridized carbons (Fsp3) is 0.438. The van der Waals surface area contributed by atoms with E-state index < -0.39 is 28.3 Å². The Bertz CT molecular complexity index is 1360. The number of benzene rings is 2. The summed E-state index contributed by atoms with van der Waals surface area (Å²) >= 11 is -0.652. The van der Waals surface area contributed by atoms with E-state index in [0.717, 1.165) is 33.0 Å². The van der Waals surface area contributed by atoms with Gasteiger partial charge in [0.2, 0.25) is 0 Å². The van der Waals surface area contributed by atoms with E-state index in [4.69, 9.17) is 4.74 Å². The van der Waals surface area contributed by atoms with Crippen LogP contribution in [0, 0.1) is 11.8 Å². The minimum Gasteiger partial charge on any atom is -0.467 e. The molecule has 0 bridgehead atoms. The SMILES string of the molecule is COC(=O)C(NCc1ccc(-c2cc(CC(C)C)sc2N(S(=O)O)C(C)(C)C)cc1)(C(=O)c1ccccc1)C(C)C. The molecule has 0 saturated carbocycles. The number of ether oxygens (including phenoxy) is 1. The second-order valence-corrected chi connectivity index (χ2v) is 13.9. The Morgan fingerprint density at radius 3 is 2.12 bits per heavy atom. The lowest BCUT2D eigenvalue weighted by Gasteiger charge is -2.34. The third kappa shape index (κ3) is 7.33. The average Bonchev–Trinajstić information content (AvgIpc) is 3.29. The average molecular weight is 599 g/mol. The second kappa shape index (κ2) is 13.4. The molecular weight excluding hydrogens is 556 g/mol. The van der Waals surface area contributed by atoms with Crippen LogP contribution in [0.15, 0.2) is 60.7 Å². The number of esters is 1. The second-order valence-electron chi connectivity index (χ2n) is 11.9. The molecular formula is C32H42N2O5S2. The van der Waals surface area contributed by atoms with Gasteiger partial charge in [-0.25, -0.2) is 9.00 Å². The number of carbonyl (C=O) groups is 2. The van der Waals surface area contributed by atoms with E-state index in [1.54, 1.807) is 39.9 Å². The zero-order valence-corrected chi connectivity index (χ0v) is 26.8. The highest BCUT2D eigenvalue weighted by Gasteiger charge is 2.49. The van der Waals surface area contributed by atoms with Gasteiger partial charge in [0.1, 0.15) is 5.00 Å². The first-order valence-corrected chi connectivity index (χ1v) is 15.7. The summed E-state index contributed by atoms with van der Waals surface area (Å²) in [7, 11) is 1.29. The van der Waals surface area contributed by atoms with Crippen LogP contribution in [0.4, 0.5) is 5.00 Å². The van der Waals surface area contributed by atoms with Crippen molar-refractivity contribution in [3.63, 3.8) is 0 Å². The summed E-state index contributed by atoms with van der Waals surface area (Å²) in [6.45, 7) is 14.0. The molecule has 0 radical (unpaired) electrons. The van der Waals surface area contributed by atoms with E-state index in [-0.39, 0.29) is 18.2 Å². The van der Waals surface area contributed by atoms with E-state index in [2.05, 4.69) is 25.2 Å². The summed E-state index contributed by atoms with van der Waals surface area (Å²) in [4.78, 5) is 27.9. The Balaban J connectivity index is 1.97. The number of carbonyl (C=O) groups excluding carboxylic acids is 2. The Morgan fingerprint density at radius 2 is 1.63 bits per heavy atom. The van der Waals surface area contributed by atoms with Gasteiger partial charge in [-0.1, -0.05) is 82.3 Å². The summed E-state index contributed by atoms with van der Waals surface area (Å²) in [5, 5.41) is 3.99. The Morgan fingerprint density at radius 1 is 1.02 bits per heavy atom. The molecule has 41 heavy (non-hydrogen) atoms. The molecule has 0 aliphatic rings. The predicted molar refractivity (Wildman–Crippen MR) is 168 cm³/mol. The van der Waals surface area contributed by atoms with Crippen LogP contribution in [0.1, 0.15) is 69.3 Å². The smallest absolute Gasteiger partial charge is 0.334 e. The van der Waals surface area contributed by atoms with E-state index >= 15 is 0 Å². The molecule has 3 rings (SSSR count). The predicted octanol–water partition coefficient (Wildman–Crippen LogP) is 6.90. The summed E-state index contributed by atoms with van der Waals surface area (Å²) in [5.41, 5.74) is 0.991. The van der Waals surface area contributed by atoms with Gasteiger partial charge in [0, 0.05) is 28.1 Å². The van der Waals surface area contributed by atoms with Gasteiger partial charge in [0.15, 0.2) is 11.3 Å². The van der Waals surface area contributed by atoms with Crippen molar-refractivity contribution in [1.29, 1.82) is 0 Å². The van der Waals surface area contributed by atoms with Crippen molar-refractivity contribution in [2.75, 3.05) is 11.4 Å². The van der Waals surface area contributed by atoms with Crippen LogP contribution in [0.5, 0.6) is 0 Å². The maximum Gasteiger partial charge on any atom is 0.334 e. The van der Waals surface area contributed by atoms with Crippen LogP contribution in [0.2, 0.25) is 0 Å². The highest BCUT2D eigenvalue weighted by atomic mass is 32.2. The molecule has 2 aromatic carbocycles. The number of thiophene rings is 1. The van der Waals surface area contributed by atoms with E-state index in [1.165, 1.54) is 7.11 Å². The molecule has 0 fully saturated rings. The summed E-state index contributed by atoms with van der Waals surface area (Å²) < 4.78 is 29.4. The number of anilines is 1. The maximum atomic E-state index is 13.7. The third-order valence-electron chi connectivity index (χ3n) is 6.93. The zero-order valence-electron chi connectivity index (χ0n) is 25.2. The number of nitrogens with one attached hydrogen (secondary N) is 1. The van der Waals surface area contributed by atoms with E-state index in [1.807, 2.05) is 65.0 Å². The summed E-state index contributed by atoms with van der Waals surface area (Å²) in [6.07, 6.45) is 0.871. The molecule has 0 amide bonds. The Labute approximate surface area is 250 Å². The van der Waals surface area contributed by atoms with Gasteiger partial charge in [-0.15, -0.1) is 11.3 Å². The van der Waals surface area contributed by atoms with Crippen LogP contribution < -0.4 is 9.62 Å². The standard InChI is InChI=1S/C32H42N2O5S2/c1-21(2)18-26-19-27(29(40-26)34(41(37)38)31(5,6)7)24-16-14-23(15-17-24)20-33-32(22(3)4,30(36)39-8)28(35)25-12-10-9-11-13-25/h9-17,19,21-22,33H,18,20H2,1-8H3,(H,37,38). The van der Waals surface area contributed by atoms with Crippen LogP contribution >= 0.6 is 11.3 Å². The van der Waals surface area contributed by atoms with E-state index in [0.29, 0.717) is 11.5 Å². The molecule has 2 N–H and O–H groups in total. The van der Waals surface area contributed by atoms with Crippen LogP contribution in [-0.2, 0) is 33.8 Å². The summed E-state index contributed by atoms with van der Waals surface area (Å²) in [6, 6.07) is 18.7. The van der Waals surface area contributed by atoms with Crippen molar-refractivity contribution >= 4 is 39.4 Å². The highest BCUT2D eigenvalue weighted by molar-refractivity contribution is 7.81. The van der Waals surface area contributed by atoms with Gasteiger partial charge >= 0.3 is 5.97 Å². The number of hydrogen-bond donors (Lipinski definition) is 2. The molecule has 0 aliphatic carbocycles. The first kappa shape index (κ1) is 32.7. The van der Waals surface area contributed by atoms with Crippen LogP contribution in [0.25, 0.3) is 11.1 Å². The van der Waals surface area contributed by atoms with Gasteiger partial charge in [-0.05, 0) is 56.2 Å². The maximum absolute atomic E-state index is 13.7. The Kier molecular flexibility index (Phi) is 10.7. The van der Waals surface area contributed by atoms with Gasteiger partial charge < -0.3 is 4.74 Å². The largest absolute Gasteiger partial charge is 0.467 e. The number of rotatable bonds is 12. The molecule has 3 aromatic rings. The molecule has 0 saturated heterocycles. The number of methoxy groups -OCH3 is 1. The van der Waals surface area contributed by atoms with Crippen molar-refractivity contribution in [1.82, 2.24) is 5.32 Å². The lowest BCUT2D eigenvalue weighted by atomic mass is 9.79. The molecule has 9 heteroatoms. The summed E-state index contributed by atoms with van der Waals surface area (Å²) in [5.74, 6) is -0.896. The number of hydrogen-bond acceptors (Lipinski definition) is 6. The third-order valence-corrected chi connectivity index (χ3v) is 9.23. The normalized spacial score (nSPS) is 14.1. The highest BCUT2D eigenvalue weighted by Crippen LogP contribution is 2.43. The molecule has 2 atom stereocenters. The van der Waals surface area contributed by atoms with Gasteiger partial charge in [0.25, 0.3) is 11.3 Å².